The van der Waals surface area contributed by atoms with Crippen LogP contribution in [0, 0.1) is 0 Å². The van der Waals surface area contributed by atoms with Crippen LogP contribution in [-0.2, 0) is 23.2 Å². The van der Waals surface area contributed by atoms with E-state index in [0.717, 1.165) is 0 Å². The molecular weight excluding hydrogens is 176 g/mol. The van der Waals surface area contributed by atoms with Gasteiger partial charge in [-0.15, -0.1) is 0 Å². The van der Waals surface area contributed by atoms with Gasteiger partial charge in [0.05, 0.1) is 0 Å². The van der Waals surface area contributed by atoms with Gasteiger partial charge in [-0.3, -0.25) is 0 Å². The minimum absolute atomic E-state index is 0.375. The molecule has 0 heterocycles. The topological polar surface area (TPSA) is 98.0 Å². The summed E-state index contributed by atoms with van der Waals surface area (Å²) in [6.07, 6.45) is 0. The summed E-state index contributed by atoms with van der Waals surface area (Å²) in [5, 5.41) is 0. The zero-order valence-corrected chi connectivity index (χ0v) is 7.21. The standard InChI is InChI=1S/H3O4P.H2O.Zn/c1-5(2,3)4;;/h(H3,1,2,3,4);1H2;/q;;+1/p-1. The first-order valence-corrected chi connectivity index (χ1v) is 3.99. The summed E-state index contributed by atoms with van der Waals surface area (Å²) in [5.74, 6) is 0. The second-order valence-electron chi connectivity index (χ2n) is 0.513. The van der Waals surface area contributed by atoms with Crippen LogP contribution in [0.25, 0.3) is 0 Å². The van der Waals surface area contributed by atoms with Crippen molar-refractivity contribution in [1.82, 2.24) is 0 Å². The van der Waals surface area contributed by atoms with E-state index < -0.39 is 7.82 Å². The van der Waals surface area contributed by atoms with Gasteiger partial charge in [0.25, 0.3) is 0 Å². The van der Waals surface area contributed by atoms with E-state index in [1.807, 2.05) is 0 Å². The summed E-state index contributed by atoms with van der Waals surface area (Å²) in [4.78, 5) is 21.6. The minimum atomic E-state index is -4.64. The molecule has 0 rings (SSSR count). The third-order valence-electron chi connectivity index (χ3n) is 0. The van der Waals surface area contributed by atoms with E-state index in [1.165, 1.54) is 0 Å². The van der Waals surface area contributed by atoms with Gasteiger partial charge in [0.15, 0.2) is 0 Å². The van der Waals surface area contributed by atoms with Crippen molar-refractivity contribution in [1.29, 1.82) is 0 Å². The average Bonchev–Trinajstić information content (AvgIpc) is 1.36. The van der Waals surface area contributed by atoms with Crippen molar-refractivity contribution in [3.63, 3.8) is 0 Å². The molecule has 0 unspecified atom stereocenters. The molecule has 0 bridgehead atoms. The Kier molecular flexibility index (Phi) is 7.36. The van der Waals surface area contributed by atoms with Crippen LogP contribution in [0.3, 0.4) is 0 Å². The summed E-state index contributed by atoms with van der Waals surface area (Å²) in [6, 6.07) is 0. The molecule has 0 aliphatic heterocycles. The molecule has 0 aliphatic carbocycles. The molecule has 0 amide bonds. The van der Waals surface area contributed by atoms with Crippen molar-refractivity contribution in [3.05, 3.63) is 0 Å². The van der Waals surface area contributed by atoms with E-state index in [1.54, 1.807) is 0 Å². The van der Waals surface area contributed by atoms with Crippen LogP contribution in [0.15, 0.2) is 0 Å². The molecule has 0 aromatic carbocycles. The summed E-state index contributed by atoms with van der Waals surface area (Å²) in [5.41, 5.74) is 0. The zero-order chi connectivity index (χ0) is 6.50. The van der Waals surface area contributed by atoms with Gasteiger partial charge in [-0.05, 0) is 0 Å². The van der Waals surface area contributed by atoms with Crippen LogP contribution in [-0.4, -0.2) is 18.6 Å². The van der Waals surface area contributed by atoms with Crippen LogP contribution >= 0.6 is 7.82 Å². The van der Waals surface area contributed by atoms with E-state index in [-0.39, 0.29) is 0 Å². The van der Waals surface area contributed by atoms with Crippen molar-refractivity contribution < 1.29 is 41.8 Å². The van der Waals surface area contributed by atoms with Crippen LogP contribution in [0.4, 0.5) is 0 Å². The van der Waals surface area contributed by atoms with Gasteiger partial charge in [0.1, 0.15) is 0 Å². The SMILES string of the molecule is O=P(O)(O)O.[OH][Zn]. The molecule has 0 aromatic heterocycles. The van der Waals surface area contributed by atoms with Gasteiger partial charge in [-0.25, -0.2) is 4.57 Å². The molecule has 0 aromatic rings. The molecule has 0 fully saturated rings. The average molecular weight is 180 g/mol. The molecular formula is H4O5PZn. The van der Waals surface area contributed by atoms with Gasteiger partial charge in [0.2, 0.25) is 0 Å². The molecule has 4 N–H and O–H groups in total. The Bertz CT molecular complexity index is 54.2. The number of rotatable bonds is 0. The summed E-state index contributed by atoms with van der Waals surface area (Å²) in [6.45, 7) is 0. The van der Waals surface area contributed by atoms with Crippen LogP contribution in [0.5, 0.6) is 0 Å². The Balaban J connectivity index is 0. The van der Waals surface area contributed by atoms with Crippen molar-refractivity contribution in [2.45, 2.75) is 0 Å². The first-order chi connectivity index (χ1) is 3.00. The third-order valence-corrected chi connectivity index (χ3v) is 0. The predicted molar refractivity (Wildman–Crippen MR) is 16.5 cm³/mol. The van der Waals surface area contributed by atoms with Gasteiger partial charge in [-0.2, -0.15) is 0 Å². The fourth-order valence-electron chi connectivity index (χ4n) is 0. The van der Waals surface area contributed by atoms with E-state index >= 15 is 0 Å². The molecule has 5 nitrogen and oxygen atoms in total. The second kappa shape index (κ2) is 4.84. The first kappa shape index (κ1) is 10.6. The Morgan fingerprint density at radius 2 is 1.14 bits per heavy atom. The van der Waals surface area contributed by atoms with Crippen LogP contribution in [0.2, 0.25) is 0 Å². The molecule has 0 saturated heterocycles. The fraction of sp³-hybridized carbons (Fsp3) is 0. The van der Waals surface area contributed by atoms with E-state index in [9.17, 15) is 0 Å². The zero-order valence-electron chi connectivity index (χ0n) is 3.35. The summed E-state index contributed by atoms with van der Waals surface area (Å²) >= 11 is 0.375. The van der Waals surface area contributed by atoms with E-state index in [4.69, 9.17) is 23.2 Å². The maximum absolute atomic E-state index is 8.88. The third kappa shape index (κ3) is 307. The normalized spacial score (nSPS) is 9.43. The van der Waals surface area contributed by atoms with Gasteiger partial charge in [-0.1, -0.05) is 0 Å². The Labute approximate surface area is 50.3 Å². The monoisotopic (exact) mass is 179 g/mol. The quantitative estimate of drug-likeness (QED) is 0.269. The van der Waals surface area contributed by atoms with E-state index in [0.29, 0.717) is 18.7 Å². The summed E-state index contributed by atoms with van der Waals surface area (Å²) < 4.78 is 16.0. The Morgan fingerprint density at radius 3 is 1.14 bits per heavy atom. The van der Waals surface area contributed by atoms with Crippen LogP contribution in [0.1, 0.15) is 0 Å². The van der Waals surface area contributed by atoms with Crippen LogP contribution < -0.4 is 0 Å². The number of phosphoric acid groups is 1. The van der Waals surface area contributed by atoms with Crippen molar-refractivity contribution in [2.24, 2.45) is 0 Å². The van der Waals surface area contributed by atoms with Gasteiger partial charge < -0.3 is 14.7 Å². The summed E-state index contributed by atoms with van der Waals surface area (Å²) in [7, 11) is -4.64. The van der Waals surface area contributed by atoms with Crippen molar-refractivity contribution in [3.8, 4) is 0 Å². The Hall–Kier alpha value is 0.693. The molecule has 0 aliphatic rings. The maximum atomic E-state index is 8.88. The predicted octanol–water partition coefficient (Wildman–Crippen LogP) is -1.49. The van der Waals surface area contributed by atoms with Crippen molar-refractivity contribution >= 4 is 7.82 Å². The number of hydrogen-bond donors (Lipinski definition) is 4. The van der Waals surface area contributed by atoms with Gasteiger partial charge in [0, 0.05) is 0 Å². The van der Waals surface area contributed by atoms with Crippen molar-refractivity contribution in [2.75, 3.05) is 0 Å². The molecule has 0 radical (unpaired) electrons. The molecule has 0 saturated carbocycles. The molecule has 7 heavy (non-hydrogen) atoms. The fourth-order valence-corrected chi connectivity index (χ4v) is 0. The van der Waals surface area contributed by atoms with E-state index in [2.05, 4.69) is 0 Å². The Morgan fingerprint density at radius 1 is 1.14 bits per heavy atom. The van der Waals surface area contributed by atoms with Gasteiger partial charge >= 0.3 is 30.4 Å². The number of hydrogen-bond acceptors (Lipinski definition) is 2. The second-order valence-corrected chi connectivity index (χ2v) is 1.54. The molecule has 0 spiro atoms. The molecule has 0 atom stereocenters. The first-order valence-electron chi connectivity index (χ1n) is 1.10. The molecule has 7 heteroatoms. The molecule has 41 valence electrons.